The first-order chi connectivity index (χ1) is 6.06. The van der Waals surface area contributed by atoms with E-state index in [1.807, 2.05) is 0 Å². The van der Waals surface area contributed by atoms with Crippen molar-refractivity contribution in [3.63, 3.8) is 0 Å². The maximum Gasteiger partial charge on any atom is 0.168 e. The average Bonchev–Trinajstić information content (AvgIpc) is 2.03. The van der Waals surface area contributed by atoms with Crippen LogP contribution >= 0.6 is 47.8 Å². The van der Waals surface area contributed by atoms with E-state index in [1.54, 1.807) is 6.07 Å². The number of ether oxygens (including phenoxy) is 1. The maximum absolute atomic E-state index is 13.3. The number of rotatable bonds is 2. The topological polar surface area (TPSA) is 9.23 Å². The second-order valence-corrected chi connectivity index (χ2v) is 6.23. The van der Waals surface area contributed by atoms with Gasteiger partial charge < -0.3 is 4.74 Å². The molecule has 0 spiro atoms. The highest BCUT2D eigenvalue weighted by Gasteiger charge is 2.12. The van der Waals surface area contributed by atoms with Crippen molar-refractivity contribution in [2.24, 2.45) is 0 Å². The van der Waals surface area contributed by atoms with E-state index in [4.69, 9.17) is 4.74 Å². The summed E-state index contributed by atoms with van der Waals surface area (Å²) in [4.78, 5) is 0. The van der Waals surface area contributed by atoms with E-state index in [9.17, 15) is 4.39 Å². The second kappa shape index (κ2) is 4.75. The first kappa shape index (κ1) is 11.5. The van der Waals surface area contributed by atoms with Crippen LogP contribution in [-0.2, 0) is 0 Å². The fraction of sp³-hybridized carbons (Fsp3) is 0.250. The molecule has 0 saturated heterocycles. The standard InChI is InChI=1S/C8H6Br3FO/c1-13-7-5(9)2-4(8(10)11)3-6(7)12/h2-3,8H,1H3. The SMILES string of the molecule is COc1c(F)cc(C(Br)Br)cc1Br. The fourth-order valence-corrected chi connectivity index (χ4v) is 2.04. The summed E-state index contributed by atoms with van der Waals surface area (Å²) < 4.78 is 18.7. The molecule has 13 heavy (non-hydrogen) atoms. The molecular formula is C8H6Br3FO. The van der Waals surface area contributed by atoms with Gasteiger partial charge in [-0.25, -0.2) is 4.39 Å². The van der Waals surface area contributed by atoms with E-state index >= 15 is 0 Å². The Bertz CT molecular complexity index is 291. The lowest BCUT2D eigenvalue weighted by molar-refractivity contribution is 0.383. The number of methoxy groups -OCH3 is 1. The molecule has 0 amide bonds. The van der Waals surface area contributed by atoms with Gasteiger partial charge in [0, 0.05) is 0 Å². The molecule has 0 aliphatic rings. The van der Waals surface area contributed by atoms with E-state index in [0.717, 1.165) is 5.56 Å². The van der Waals surface area contributed by atoms with Gasteiger partial charge in [0.05, 0.1) is 15.3 Å². The molecule has 0 bridgehead atoms. The summed E-state index contributed by atoms with van der Waals surface area (Å²) in [5.74, 6) is -0.153. The summed E-state index contributed by atoms with van der Waals surface area (Å²) in [7, 11) is 1.43. The molecule has 1 nitrogen and oxygen atoms in total. The van der Waals surface area contributed by atoms with Crippen molar-refractivity contribution >= 4 is 47.8 Å². The smallest absolute Gasteiger partial charge is 0.168 e. The Kier molecular flexibility index (Phi) is 4.19. The molecule has 1 aromatic rings. The molecule has 0 radical (unpaired) electrons. The molecule has 72 valence electrons. The molecule has 0 heterocycles. The average molecular weight is 377 g/mol. The highest BCUT2D eigenvalue weighted by Crippen LogP contribution is 2.36. The molecule has 0 saturated carbocycles. The number of hydrogen-bond acceptors (Lipinski definition) is 1. The summed E-state index contributed by atoms with van der Waals surface area (Å²) in [6, 6.07) is 3.20. The molecular weight excluding hydrogens is 371 g/mol. The molecule has 0 fully saturated rings. The van der Waals surface area contributed by atoms with Gasteiger partial charge in [-0.15, -0.1) is 0 Å². The van der Waals surface area contributed by atoms with Crippen LogP contribution in [-0.4, -0.2) is 7.11 Å². The Morgan fingerprint density at radius 3 is 2.38 bits per heavy atom. The van der Waals surface area contributed by atoms with Gasteiger partial charge in [0.2, 0.25) is 0 Å². The van der Waals surface area contributed by atoms with E-state index < -0.39 is 0 Å². The van der Waals surface area contributed by atoms with Crippen LogP contribution in [0.5, 0.6) is 5.75 Å². The van der Waals surface area contributed by atoms with Gasteiger partial charge in [-0.05, 0) is 33.6 Å². The minimum atomic E-state index is -0.379. The predicted molar refractivity (Wildman–Crippen MR) is 61.2 cm³/mol. The Hall–Kier alpha value is 0.390. The Morgan fingerprint density at radius 2 is 2.00 bits per heavy atom. The monoisotopic (exact) mass is 374 g/mol. The number of hydrogen-bond donors (Lipinski definition) is 0. The molecule has 1 rings (SSSR count). The van der Waals surface area contributed by atoms with Gasteiger partial charge in [-0.3, -0.25) is 0 Å². The van der Waals surface area contributed by atoms with E-state index in [1.165, 1.54) is 13.2 Å². The maximum atomic E-state index is 13.3. The minimum Gasteiger partial charge on any atom is -0.492 e. The Morgan fingerprint density at radius 1 is 1.38 bits per heavy atom. The van der Waals surface area contributed by atoms with Crippen molar-refractivity contribution in [3.05, 3.63) is 28.0 Å². The van der Waals surface area contributed by atoms with Gasteiger partial charge in [0.1, 0.15) is 0 Å². The van der Waals surface area contributed by atoms with Crippen LogP contribution < -0.4 is 4.74 Å². The normalized spacial score (nSPS) is 10.6. The third-order valence-electron chi connectivity index (χ3n) is 1.48. The lowest BCUT2D eigenvalue weighted by Crippen LogP contribution is -1.92. The van der Waals surface area contributed by atoms with Crippen molar-refractivity contribution in [2.75, 3.05) is 7.11 Å². The Balaban J connectivity index is 3.20. The molecule has 0 aromatic heterocycles. The molecule has 0 aliphatic carbocycles. The van der Waals surface area contributed by atoms with Crippen LogP contribution in [0.15, 0.2) is 16.6 Å². The van der Waals surface area contributed by atoms with Gasteiger partial charge in [0.25, 0.3) is 0 Å². The van der Waals surface area contributed by atoms with Gasteiger partial charge in [0.15, 0.2) is 11.6 Å². The highest BCUT2D eigenvalue weighted by molar-refractivity contribution is 9.24. The zero-order chi connectivity index (χ0) is 10.0. The van der Waals surface area contributed by atoms with E-state index in [2.05, 4.69) is 47.8 Å². The first-order valence-corrected chi connectivity index (χ1v) is 5.99. The predicted octanol–water partition coefficient (Wildman–Crippen LogP) is 4.39. The van der Waals surface area contributed by atoms with Crippen molar-refractivity contribution in [1.29, 1.82) is 0 Å². The molecule has 0 unspecified atom stereocenters. The molecule has 0 atom stereocenters. The number of alkyl halides is 2. The molecule has 1 aromatic carbocycles. The van der Waals surface area contributed by atoms with Crippen LogP contribution in [0, 0.1) is 5.82 Å². The summed E-state index contributed by atoms with van der Waals surface area (Å²) in [5.41, 5.74) is 0.796. The second-order valence-electron chi connectivity index (χ2n) is 2.32. The van der Waals surface area contributed by atoms with E-state index in [0.29, 0.717) is 4.47 Å². The minimum absolute atomic E-state index is 0.0586. The van der Waals surface area contributed by atoms with Crippen LogP contribution in [0.3, 0.4) is 0 Å². The summed E-state index contributed by atoms with van der Waals surface area (Å²) >= 11 is 9.79. The highest BCUT2D eigenvalue weighted by atomic mass is 79.9. The van der Waals surface area contributed by atoms with Crippen LogP contribution in [0.2, 0.25) is 0 Å². The molecule has 0 N–H and O–H groups in total. The summed E-state index contributed by atoms with van der Waals surface area (Å²) in [5, 5.41) is 0. The number of benzene rings is 1. The largest absolute Gasteiger partial charge is 0.492 e. The Labute approximate surface area is 101 Å². The first-order valence-electron chi connectivity index (χ1n) is 3.37. The van der Waals surface area contributed by atoms with Crippen LogP contribution in [0.4, 0.5) is 4.39 Å². The lowest BCUT2D eigenvalue weighted by Gasteiger charge is -2.08. The van der Waals surface area contributed by atoms with Crippen molar-refractivity contribution < 1.29 is 9.13 Å². The van der Waals surface area contributed by atoms with Crippen LogP contribution in [0.25, 0.3) is 0 Å². The van der Waals surface area contributed by atoms with Crippen molar-refractivity contribution in [1.82, 2.24) is 0 Å². The summed E-state index contributed by atoms with van der Waals surface area (Å²) in [6.07, 6.45) is 0. The van der Waals surface area contributed by atoms with Crippen LogP contribution in [0.1, 0.15) is 9.30 Å². The van der Waals surface area contributed by atoms with Crippen molar-refractivity contribution in [2.45, 2.75) is 3.74 Å². The summed E-state index contributed by atoms with van der Waals surface area (Å²) in [6.45, 7) is 0. The number of halogens is 4. The lowest BCUT2D eigenvalue weighted by atomic mass is 10.2. The van der Waals surface area contributed by atoms with Gasteiger partial charge in [-0.2, -0.15) is 0 Å². The van der Waals surface area contributed by atoms with E-state index in [-0.39, 0.29) is 15.3 Å². The zero-order valence-corrected chi connectivity index (χ0v) is 11.4. The third kappa shape index (κ3) is 2.67. The van der Waals surface area contributed by atoms with Gasteiger partial charge >= 0.3 is 0 Å². The zero-order valence-electron chi connectivity index (χ0n) is 6.65. The van der Waals surface area contributed by atoms with Crippen molar-refractivity contribution in [3.8, 4) is 5.75 Å². The third-order valence-corrected chi connectivity index (χ3v) is 3.12. The van der Waals surface area contributed by atoms with Gasteiger partial charge in [-0.1, -0.05) is 31.9 Å². The fourth-order valence-electron chi connectivity index (χ4n) is 0.900. The molecule has 0 aliphatic heterocycles. The quantitative estimate of drug-likeness (QED) is 0.696. The molecule has 5 heteroatoms.